The van der Waals surface area contributed by atoms with E-state index in [1.54, 1.807) is 7.05 Å². The van der Waals surface area contributed by atoms with E-state index in [4.69, 9.17) is 5.10 Å². The van der Waals surface area contributed by atoms with Crippen molar-refractivity contribution >= 4 is 11.8 Å². The van der Waals surface area contributed by atoms with Gasteiger partial charge in [0.2, 0.25) is 5.91 Å². The molecule has 2 aromatic carbocycles. The average molecular weight is 446 g/mol. The Hall–Kier alpha value is -3.45. The van der Waals surface area contributed by atoms with Crippen LogP contribution in [0.2, 0.25) is 0 Å². The Kier molecular flexibility index (Phi) is 6.89. The molecule has 1 N–H and O–H groups in total. The maximum Gasteiger partial charge on any atom is 0.257 e. The fourth-order valence-electron chi connectivity index (χ4n) is 4.09. The number of nitrogens with zero attached hydrogens (tertiary/aromatic N) is 4. The van der Waals surface area contributed by atoms with Gasteiger partial charge in [-0.15, -0.1) is 0 Å². The van der Waals surface area contributed by atoms with Crippen LogP contribution in [0.1, 0.15) is 27.0 Å². The molecular weight excluding hydrogens is 414 g/mol. The second-order valence-corrected chi connectivity index (χ2v) is 8.62. The number of hydrogen-bond donors (Lipinski definition) is 1. The normalized spacial score (nSPS) is 14.3. The second-order valence-electron chi connectivity index (χ2n) is 8.62. The molecule has 0 bridgehead atoms. The number of piperazine rings is 1. The molecule has 0 radical (unpaired) electrons. The van der Waals surface area contributed by atoms with Crippen LogP contribution in [0.15, 0.2) is 54.7 Å². The summed E-state index contributed by atoms with van der Waals surface area (Å²) >= 11 is 0. The fourth-order valence-corrected chi connectivity index (χ4v) is 4.09. The zero-order chi connectivity index (χ0) is 23.4. The van der Waals surface area contributed by atoms with E-state index in [-0.39, 0.29) is 11.8 Å². The molecule has 1 saturated heterocycles. The molecule has 2 heterocycles. The third-order valence-electron chi connectivity index (χ3n) is 6.27. The van der Waals surface area contributed by atoms with E-state index in [2.05, 4.69) is 48.3 Å². The van der Waals surface area contributed by atoms with Crippen molar-refractivity contribution in [2.75, 3.05) is 39.8 Å². The molecule has 0 aliphatic carbocycles. The van der Waals surface area contributed by atoms with E-state index in [1.165, 1.54) is 11.1 Å². The van der Waals surface area contributed by atoms with Crippen molar-refractivity contribution in [3.63, 3.8) is 0 Å². The molecule has 2 amide bonds. The number of aromatic nitrogens is 2. The molecule has 0 atom stereocenters. The SMILES string of the molecule is CNC(=O)CN1CCN(C(=O)c2cn(Cc3ccccc3)nc2-c2ccc(C)c(C)c2)CC1. The van der Waals surface area contributed by atoms with Crippen molar-refractivity contribution in [1.29, 1.82) is 0 Å². The van der Waals surface area contributed by atoms with Crippen LogP contribution in [-0.2, 0) is 11.3 Å². The van der Waals surface area contributed by atoms with Crippen LogP contribution in [-0.4, -0.2) is 71.2 Å². The molecule has 1 aliphatic rings. The zero-order valence-electron chi connectivity index (χ0n) is 19.5. The molecule has 7 heteroatoms. The number of nitrogens with one attached hydrogen (secondary N) is 1. The highest BCUT2D eigenvalue weighted by molar-refractivity contribution is 6.00. The van der Waals surface area contributed by atoms with Gasteiger partial charge in [0.1, 0.15) is 5.69 Å². The van der Waals surface area contributed by atoms with Crippen LogP contribution >= 0.6 is 0 Å². The van der Waals surface area contributed by atoms with Crippen molar-refractivity contribution in [2.24, 2.45) is 0 Å². The van der Waals surface area contributed by atoms with Crippen molar-refractivity contribution in [3.8, 4) is 11.3 Å². The summed E-state index contributed by atoms with van der Waals surface area (Å²) in [6.07, 6.45) is 1.87. The summed E-state index contributed by atoms with van der Waals surface area (Å²) in [6, 6.07) is 16.3. The highest BCUT2D eigenvalue weighted by Crippen LogP contribution is 2.26. The van der Waals surface area contributed by atoms with Crippen LogP contribution in [0.3, 0.4) is 0 Å². The van der Waals surface area contributed by atoms with Crippen LogP contribution in [0.4, 0.5) is 0 Å². The molecule has 0 unspecified atom stereocenters. The summed E-state index contributed by atoms with van der Waals surface area (Å²) in [6.45, 7) is 7.66. The molecule has 1 fully saturated rings. The number of carbonyl (C=O) groups is 2. The van der Waals surface area contributed by atoms with Crippen molar-refractivity contribution < 1.29 is 9.59 Å². The Morgan fingerprint density at radius 1 is 0.970 bits per heavy atom. The van der Waals surface area contributed by atoms with E-state index in [0.29, 0.717) is 50.5 Å². The Morgan fingerprint density at radius 3 is 2.36 bits per heavy atom. The molecule has 4 rings (SSSR count). The summed E-state index contributed by atoms with van der Waals surface area (Å²) in [7, 11) is 1.64. The first-order valence-electron chi connectivity index (χ1n) is 11.4. The molecule has 0 saturated carbocycles. The van der Waals surface area contributed by atoms with E-state index < -0.39 is 0 Å². The van der Waals surface area contributed by atoms with E-state index in [1.807, 2.05) is 40.0 Å². The van der Waals surface area contributed by atoms with Crippen LogP contribution in [0.25, 0.3) is 11.3 Å². The van der Waals surface area contributed by atoms with Gasteiger partial charge in [0.15, 0.2) is 0 Å². The lowest BCUT2D eigenvalue weighted by molar-refractivity contribution is -0.122. The number of carbonyl (C=O) groups excluding carboxylic acids is 2. The fraction of sp³-hybridized carbons (Fsp3) is 0.346. The second kappa shape index (κ2) is 10.0. The van der Waals surface area contributed by atoms with Gasteiger partial charge in [-0.1, -0.05) is 42.5 Å². The molecular formula is C26H31N5O2. The molecule has 7 nitrogen and oxygen atoms in total. The summed E-state index contributed by atoms with van der Waals surface area (Å²) < 4.78 is 1.86. The van der Waals surface area contributed by atoms with Gasteiger partial charge in [-0.05, 0) is 36.6 Å². The number of aryl methyl sites for hydroxylation is 2. The summed E-state index contributed by atoms with van der Waals surface area (Å²) in [4.78, 5) is 29.2. The van der Waals surface area contributed by atoms with Gasteiger partial charge in [-0.2, -0.15) is 5.10 Å². The molecule has 1 aliphatic heterocycles. The summed E-state index contributed by atoms with van der Waals surface area (Å²) in [5.41, 5.74) is 5.80. The van der Waals surface area contributed by atoms with Crippen molar-refractivity contribution in [1.82, 2.24) is 24.9 Å². The number of rotatable bonds is 6. The Balaban J connectivity index is 1.59. The number of benzene rings is 2. The first-order chi connectivity index (χ1) is 15.9. The highest BCUT2D eigenvalue weighted by Gasteiger charge is 2.27. The predicted molar refractivity (Wildman–Crippen MR) is 129 cm³/mol. The Bertz CT molecular complexity index is 1130. The van der Waals surface area contributed by atoms with E-state index in [9.17, 15) is 9.59 Å². The monoisotopic (exact) mass is 445 g/mol. The van der Waals surface area contributed by atoms with Gasteiger partial charge in [-0.3, -0.25) is 19.2 Å². The lowest BCUT2D eigenvalue weighted by Crippen LogP contribution is -2.50. The third-order valence-corrected chi connectivity index (χ3v) is 6.27. The minimum atomic E-state index is -0.0119. The summed E-state index contributed by atoms with van der Waals surface area (Å²) in [5.74, 6) is -0.0175. The van der Waals surface area contributed by atoms with Gasteiger partial charge >= 0.3 is 0 Å². The van der Waals surface area contributed by atoms with Gasteiger partial charge in [0.25, 0.3) is 5.91 Å². The molecule has 0 spiro atoms. The Labute approximate surface area is 195 Å². The predicted octanol–water partition coefficient (Wildman–Crippen LogP) is 2.72. The molecule has 33 heavy (non-hydrogen) atoms. The van der Waals surface area contributed by atoms with Crippen LogP contribution < -0.4 is 5.32 Å². The topological polar surface area (TPSA) is 70.5 Å². The van der Waals surface area contributed by atoms with Gasteiger partial charge in [-0.25, -0.2) is 0 Å². The maximum atomic E-state index is 13.6. The zero-order valence-corrected chi connectivity index (χ0v) is 19.5. The standard InChI is InChI=1S/C26H31N5O2/c1-19-9-10-22(15-20(19)2)25-23(17-31(28-25)16-21-7-5-4-6-8-21)26(33)30-13-11-29(12-14-30)18-24(32)27-3/h4-10,15,17H,11-14,16,18H2,1-3H3,(H,27,32). The van der Waals surface area contributed by atoms with Crippen molar-refractivity contribution in [3.05, 3.63) is 77.0 Å². The maximum absolute atomic E-state index is 13.6. The summed E-state index contributed by atoms with van der Waals surface area (Å²) in [5, 5.41) is 7.49. The van der Waals surface area contributed by atoms with E-state index >= 15 is 0 Å². The minimum Gasteiger partial charge on any atom is -0.358 e. The molecule has 1 aromatic heterocycles. The number of amides is 2. The minimum absolute atomic E-state index is 0.00556. The lowest BCUT2D eigenvalue weighted by Gasteiger charge is -2.34. The quantitative estimate of drug-likeness (QED) is 0.633. The van der Waals surface area contributed by atoms with Gasteiger partial charge < -0.3 is 10.2 Å². The largest absolute Gasteiger partial charge is 0.358 e. The molecule has 3 aromatic rings. The van der Waals surface area contributed by atoms with Crippen LogP contribution in [0, 0.1) is 13.8 Å². The molecule has 172 valence electrons. The van der Waals surface area contributed by atoms with E-state index in [0.717, 1.165) is 11.1 Å². The first-order valence-corrected chi connectivity index (χ1v) is 11.4. The van der Waals surface area contributed by atoms with Gasteiger partial charge in [0, 0.05) is 45.0 Å². The van der Waals surface area contributed by atoms with Crippen LogP contribution in [0.5, 0.6) is 0 Å². The number of likely N-dealkylation sites (N-methyl/N-ethyl adjacent to an activating group) is 1. The highest BCUT2D eigenvalue weighted by atomic mass is 16.2. The smallest absolute Gasteiger partial charge is 0.257 e. The number of hydrogen-bond acceptors (Lipinski definition) is 4. The van der Waals surface area contributed by atoms with Crippen molar-refractivity contribution in [2.45, 2.75) is 20.4 Å². The Morgan fingerprint density at radius 2 is 1.70 bits per heavy atom. The third kappa shape index (κ3) is 5.31. The van der Waals surface area contributed by atoms with Gasteiger partial charge in [0.05, 0.1) is 18.7 Å². The first kappa shape index (κ1) is 22.7. The average Bonchev–Trinajstić information content (AvgIpc) is 3.25. The lowest BCUT2D eigenvalue weighted by atomic mass is 10.0.